The molecule has 1 heteroatoms. The largest absolute Gasteiger partial charge is 0.110 e. The zero-order valence-corrected chi connectivity index (χ0v) is 23.6. The van der Waals surface area contributed by atoms with Gasteiger partial charge in [0.2, 0.25) is 0 Å². The minimum atomic E-state index is 0.681. The third kappa shape index (κ3) is 23.3. The molecule has 0 bridgehead atoms. The highest BCUT2D eigenvalue weighted by Gasteiger charge is 2.22. The molecule has 0 N–H and O–H groups in total. The highest BCUT2D eigenvalue weighted by Crippen LogP contribution is 2.20. The lowest BCUT2D eigenvalue weighted by Crippen LogP contribution is -2.23. The predicted molar refractivity (Wildman–Crippen MR) is 150 cm³/mol. The Balaban J connectivity index is 3.59. The van der Waals surface area contributed by atoms with Crippen molar-refractivity contribution in [2.45, 2.75) is 163 Å². The first kappa shape index (κ1) is 31.4. The Labute approximate surface area is 202 Å². The third-order valence-corrected chi connectivity index (χ3v) is 9.95. The second-order valence-electron chi connectivity index (χ2n) is 10.7. The average Bonchev–Trinajstić information content (AvgIpc) is 2.76. The van der Waals surface area contributed by atoms with E-state index in [0.717, 1.165) is 11.8 Å². The minimum absolute atomic E-state index is 0.681. The van der Waals surface area contributed by atoms with Crippen LogP contribution in [0.2, 0.25) is 0 Å². The molecule has 0 aromatic rings. The molecule has 0 saturated heterocycles. The van der Waals surface area contributed by atoms with Gasteiger partial charge in [-0.05, 0) is 30.7 Å². The maximum absolute atomic E-state index is 2.53. The molecule has 3 unspecified atom stereocenters. The highest BCUT2D eigenvalue weighted by molar-refractivity contribution is 7.96. The first-order chi connectivity index (χ1) is 15.1. The van der Waals surface area contributed by atoms with E-state index in [-0.39, 0.29) is 0 Å². The number of rotatable bonds is 25. The van der Waals surface area contributed by atoms with Gasteiger partial charge < -0.3 is 0 Å². The molecule has 0 aliphatic carbocycles. The molecular weight excluding hydrogens is 392 g/mol. The van der Waals surface area contributed by atoms with E-state index < -0.39 is 0 Å². The van der Waals surface area contributed by atoms with Gasteiger partial charge in [0.1, 0.15) is 17.3 Å². The second-order valence-corrected chi connectivity index (χ2v) is 13.1. The second kappa shape index (κ2) is 25.0. The molecule has 0 aromatic carbocycles. The van der Waals surface area contributed by atoms with Gasteiger partial charge in [0.25, 0.3) is 0 Å². The summed E-state index contributed by atoms with van der Waals surface area (Å²) in [6.45, 7) is 12.1. The molecule has 0 fully saturated rings. The molecular formula is C30H63S+. The number of hydrogen-bond acceptors (Lipinski definition) is 0. The summed E-state index contributed by atoms with van der Waals surface area (Å²) in [6, 6.07) is 0. The molecule has 0 amide bonds. The van der Waals surface area contributed by atoms with E-state index >= 15 is 0 Å². The van der Waals surface area contributed by atoms with Gasteiger partial charge in [-0.1, -0.05) is 143 Å². The number of hydrogen-bond donors (Lipinski definition) is 0. The standard InChI is InChI=1S/C30H63S/c1-6-9-11-13-15-16-17-18-20-22-24-26-30(5)28-31(8-3)27-29(4)25-23-21-19-14-12-10-7-2/h29-30H,6-28H2,1-5H3/q+1. The average molecular weight is 456 g/mol. The van der Waals surface area contributed by atoms with Gasteiger partial charge in [0, 0.05) is 11.8 Å². The van der Waals surface area contributed by atoms with Crippen molar-refractivity contribution >= 4 is 10.9 Å². The van der Waals surface area contributed by atoms with Gasteiger partial charge >= 0.3 is 0 Å². The molecule has 0 saturated carbocycles. The van der Waals surface area contributed by atoms with Crippen LogP contribution in [-0.2, 0) is 10.9 Å². The Morgan fingerprint density at radius 1 is 0.419 bits per heavy atom. The summed E-state index contributed by atoms with van der Waals surface area (Å²) in [5.41, 5.74) is 0. The van der Waals surface area contributed by atoms with Crippen molar-refractivity contribution in [1.29, 1.82) is 0 Å². The van der Waals surface area contributed by atoms with Crippen LogP contribution in [0.3, 0.4) is 0 Å². The van der Waals surface area contributed by atoms with Crippen LogP contribution in [-0.4, -0.2) is 17.3 Å². The van der Waals surface area contributed by atoms with Gasteiger partial charge in [0.05, 0.1) is 0 Å². The summed E-state index contributed by atoms with van der Waals surface area (Å²) < 4.78 is 0. The van der Waals surface area contributed by atoms with E-state index in [0.29, 0.717) is 10.9 Å². The van der Waals surface area contributed by atoms with Crippen LogP contribution in [0.4, 0.5) is 0 Å². The van der Waals surface area contributed by atoms with Gasteiger partial charge in [-0.2, -0.15) is 0 Å². The van der Waals surface area contributed by atoms with Crippen LogP contribution in [0.1, 0.15) is 163 Å². The van der Waals surface area contributed by atoms with Crippen LogP contribution < -0.4 is 0 Å². The molecule has 0 aromatic heterocycles. The molecule has 0 spiro atoms. The molecule has 3 atom stereocenters. The summed E-state index contributed by atoms with van der Waals surface area (Å²) in [7, 11) is 0.681. The fourth-order valence-corrected chi connectivity index (χ4v) is 7.43. The Bertz CT molecular complexity index is 326. The molecule has 0 heterocycles. The first-order valence-corrected chi connectivity index (χ1v) is 16.5. The molecule has 31 heavy (non-hydrogen) atoms. The van der Waals surface area contributed by atoms with Crippen molar-refractivity contribution in [2.75, 3.05) is 17.3 Å². The zero-order valence-electron chi connectivity index (χ0n) is 22.8. The number of unbranched alkanes of at least 4 members (excludes halogenated alkanes) is 16. The maximum atomic E-state index is 2.53. The SMILES string of the molecule is CCCCCCCCCCCCCC(C)C[S+](CC)CC(C)CCCCCCCCC. The van der Waals surface area contributed by atoms with Crippen molar-refractivity contribution in [2.24, 2.45) is 11.8 Å². The van der Waals surface area contributed by atoms with Gasteiger partial charge in [-0.25, -0.2) is 0 Å². The van der Waals surface area contributed by atoms with Crippen LogP contribution >= 0.6 is 0 Å². The smallest absolute Gasteiger partial charge is 0.0654 e. The van der Waals surface area contributed by atoms with Crippen molar-refractivity contribution in [3.05, 3.63) is 0 Å². The Hall–Kier alpha value is 0.350. The van der Waals surface area contributed by atoms with Crippen LogP contribution in [0.15, 0.2) is 0 Å². The predicted octanol–water partition coefficient (Wildman–Crippen LogP) is 10.7. The maximum Gasteiger partial charge on any atom is 0.110 e. The summed E-state index contributed by atoms with van der Waals surface area (Å²) in [4.78, 5) is 0. The third-order valence-electron chi connectivity index (χ3n) is 7.05. The zero-order chi connectivity index (χ0) is 23.0. The summed E-state index contributed by atoms with van der Waals surface area (Å²) >= 11 is 0. The normalized spacial score (nSPS) is 14.6. The summed E-state index contributed by atoms with van der Waals surface area (Å²) in [5.74, 6) is 6.34. The van der Waals surface area contributed by atoms with E-state index in [2.05, 4.69) is 34.6 Å². The van der Waals surface area contributed by atoms with Crippen molar-refractivity contribution < 1.29 is 0 Å². The lowest BCUT2D eigenvalue weighted by atomic mass is 10.0. The highest BCUT2D eigenvalue weighted by atomic mass is 32.2. The molecule has 0 aliphatic heterocycles. The lowest BCUT2D eigenvalue weighted by molar-refractivity contribution is 0.503. The van der Waals surface area contributed by atoms with Crippen LogP contribution in [0, 0.1) is 11.8 Å². The van der Waals surface area contributed by atoms with Gasteiger partial charge in [-0.15, -0.1) is 0 Å². The van der Waals surface area contributed by atoms with E-state index in [1.165, 1.54) is 146 Å². The quantitative estimate of drug-likeness (QED) is 0.0948. The monoisotopic (exact) mass is 455 g/mol. The molecule has 0 rings (SSSR count). The van der Waals surface area contributed by atoms with Gasteiger partial charge in [0.15, 0.2) is 0 Å². The topological polar surface area (TPSA) is 0 Å². The summed E-state index contributed by atoms with van der Waals surface area (Å²) in [6.07, 6.45) is 29.2. The molecule has 0 aliphatic rings. The molecule has 0 nitrogen and oxygen atoms in total. The fourth-order valence-electron chi connectivity index (χ4n) is 4.88. The van der Waals surface area contributed by atoms with Gasteiger partial charge in [-0.3, -0.25) is 0 Å². The van der Waals surface area contributed by atoms with E-state index in [1.54, 1.807) is 0 Å². The van der Waals surface area contributed by atoms with Crippen molar-refractivity contribution in [1.82, 2.24) is 0 Å². The Morgan fingerprint density at radius 2 is 0.710 bits per heavy atom. The molecule has 0 radical (unpaired) electrons. The molecule has 188 valence electrons. The van der Waals surface area contributed by atoms with E-state index in [4.69, 9.17) is 0 Å². The fraction of sp³-hybridized carbons (Fsp3) is 1.00. The van der Waals surface area contributed by atoms with E-state index in [1.807, 2.05) is 0 Å². The van der Waals surface area contributed by atoms with Crippen molar-refractivity contribution in [3.8, 4) is 0 Å². The van der Waals surface area contributed by atoms with E-state index in [9.17, 15) is 0 Å². The summed E-state index contributed by atoms with van der Waals surface area (Å²) in [5, 5.41) is 0. The minimum Gasteiger partial charge on any atom is -0.0654 e. The Kier molecular flexibility index (Phi) is 25.3. The van der Waals surface area contributed by atoms with Crippen LogP contribution in [0.5, 0.6) is 0 Å². The first-order valence-electron chi connectivity index (χ1n) is 14.8. The Morgan fingerprint density at radius 3 is 1.00 bits per heavy atom. The lowest BCUT2D eigenvalue weighted by Gasteiger charge is -2.16. The van der Waals surface area contributed by atoms with Crippen molar-refractivity contribution in [3.63, 3.8) is 0 Å². The van der Waals surface area contributed by atoms with Crippen LogP contribution in [0.25, 0.3) is 0 Å².